The third kappa shape index (κ3) is 2.65. The zero-order valence-corrected chi connectivity index (χ0v) is 12.6. The van der Waals surface area contributed by atoms with Crippen LogP contribution in [0.5, 0.6) is 0 Å². The molecule has 21 heavy (non-hydrogen) atoms. The van der Waals surface area contributed by atoms with Crippen LogP contribution in [0.25, 0.3) is 0 Å². The van der Waals surface area contributed by atoms with Crippen molar-refractivity contribution < 1.29 is 4.79 Å². The van der Waals surface area contributed by atoms with Crippen LogP contribution < -0.4 is 0 Å². The minimum atomic E-state index is 0.482. The first-order chi connectivity index (χ1) is 10.3. The van der Waals surface area contributed by atoms with Crippen molar-refractivity contribution in [2.45, 2.75) is 56.8 Å². The lowest BCUT2D eigenvalue weighted by Gasteiger charge is -2.40. The van der Waals surface area contributed by atoms with E-state index in [0.717, 1.165) is 25.8 Å². The van der Waals surface area contributed by atoms with E-state index in [1.165, 1.54) is 31.5 Å². The maximum Gasteiger partial charge on any atom is 0.134 e. The Morgan fingerprint density at radius 2 is 1.90 bits per heavy atom. The number of benzene rings is 1. The molecule has 112 valence electrons. The van der Waals surface area contributed by atoms with Gasteiger partial charge < -0.3 is 0 Å². The number of carbonyl (C=O) groups excluding carboxylic acids is 1. The van der Waals surface area contributed by atoms with Crippen LogP contribution in [0.1, 0.15) is 37.7 Å². The lowest BCUT2D eigenvalue weighted by atomic mass is 9.92. The van der Waals surface area contributed by atoms with Gasteiger partial charge >= 0.3 is 0 Å². The average molecular weight is 284 g/mol. The molecule has 0 radical (unpaired) electrons. The highest BCUT2D eigenvalue weighted by Gasteiger charge is 2.45. The average Bonchev–Trinajstić information content (AvgIpc) is 3.08. The number of rotatable bonds is 3. The molecule has 2 saturated heterocycles. The van der Waals surface area contributed by atoms with Gasteiger partial charge in [0.05, 0.1) is 0 Å². The summed E-state index contributed by atoms with van der Waals surface area (Å²) in [6.07, 6.45) is 5.26. The van der Waals surface area contributed by atoms with Gasteiger partial charge in [0, 0.05) is 50.6 Å². The molecule has 1 aromatic rings. The number of piperazine rings is 1. The van der Waals surface area contributed by atoms with Crippen molar-refractivity contribution >= 4 is 5.78 Å². The van der Waals surface area contributed by atoms with Gasteiger partial charge in [-0.15, -0.1) is 0 Å². The van der Waals surface area contributed by atoms with Crippen LogP contribution in [0, 0.1) is 0 Å². The zero-order chi connectivity index (χ0) is 14.2. The maximum absolute atomic E-state index is 11.7. The monoisotopic (exact) mass is 284 g/mol. The predicted molar refractivity (Wildman–Crippen MR) is 83.0 cm³/mol. The Morgan fingerprint density at radius 1 is 1.05 bits per heavy atom. The molecule has 3 aliphatic rings. The van der Waals surface area contributed by atoms with Gasteiger partial charge in [-0.3, -0.25) is 14.6 Å². The highest BCUT2D eigenvalue weighted by atomic mass is 16.1. The van der Waals surface area contributed by atoms with E-state index >= 15 is 0 Å². The number of Topliss-reactive ketones (excluding diaryl/α,β-unsaturated/α-hetero) is 1. The van der Waals surface area contributed by atoms with E-state index in [1.807, 2.05) is 0 Å². The third-order valence-electron chi connectivity index (χ3n) is 5.55. The molecule has 3 fully saturated rings. The minimum Gasteiger partial charge on any atom is -0.300 e. The molecule has 1 aliphatic carbocycles. The first kappa shape index (κ1) is 13.5. The number of carbonyl (C=O) groups is 1. The molecule has 0 aromatic heterocycles. The van der Waals surface area contributed by atoms with Crippen LogP contribution in [0.2, 0.25) is 0 Å². The van der Waals surface area contributed by atoms with Gasteiger partial charge in [-0.25, -0.2) is 0 Å². The fraction of sp³-hybridized carbons (Fsp3) is 0.611. The fourth-order valence-electron chi connectivity index (χ4n) is 4.52. The molecule has 4 rings (SSSR count). The molecule has 3 atom stereocenters. The van der Waals surface area contributed by atoms with Crippen molar-refractivity contribution in [3.63, 3.8) is 0 Å². The molecule has 2 aliphatic heterocycles. The molecule has 0 spiro atoms. The second-order valence-corrected chi connectivity index (χ2v) is 6.94. The van der Waals surface area contributed by atoms with Crippen molar-refractivity contribution in [3.05, 3.63) is 35.9 Å². The molecular formula is C18H24N2O. The van der Waals surface area contributed by atoms with Crippen LogP contribution >= 0.6 is 0 Å². The molecular weight excluding hydrogens is 260 g/mol. The second kappa shape index (κ2) is 5.54. The van der Waals surface area contributed by atoms with Crippen molar-refractivity contribution in [3.8, 4) is 0 Å². The zero-order valence-electron chi connectivity index (χ0n) is 12.6. The van der Waals surface area contributed by atoms with Crippen molar-refractivity contribution in [1.29, 1.82) is 0 Å². The van der Waals surface area contributed by atoms with Crippen LogP contribution in [0.15, 0.2) is 30.3 Å². The number of hydrogen-bond donors (Lipinski definition) is 0. The fourth-order valence-corrected chi connectivity index (χ4v) is 4.52. The van der Waals surface area contributed by atoms with E-state index in [2.05, 4.69) is 40.1 Å². The van der Waals surface area contributed by atoms with Gasteiger partial charge in [-0.1, -0.05) is 30.3 Å². The van der Waals surface area contributed by atoms with Crippen LogP contribution in [0.3, 0.4) is 0 Å². The van der Waals surface area contributed by atoms with Crippen molar-refractivity contribution in [1.82, 2.24) is 9.80 Å². The van der Waals surface area contributed by atoms with E-state index in [-0.39, 0.29) is 0 Å². The van der Waals surface area contributed by atoms with Crippen LogP contribution in [-0.4, -0.2) is 46.8 Å². The summed E-state index contributed by atoms with van der Waals surface area (Å²) in [5.41, 5.74) is 1.42. The Bertz CT molecular complexity index is 515. The van der Waals surface area contributed by atoms with Crippen molar-refractivity contribution in [2.75, 3.05) is 13.1 Å². The number of hydrogen-bond acceptors (Lipinski definition) is 3. The number of fused-ring (bicyclic) bond motifs is 2. The Labute approximate surface area is 126 Å². The molecule has 1 aromatic carbocycles. The maximum atomic E-state index is 11.7. The summed E-state index contributed by atoms with van der Waals surface area (Å²) in [6, 6.07) is 12.7. The first-order valence-electron chi connectivity index (χ1n) is 8.35. The third-order valence-corrected chi connectivity index (χ3v) is 5.55. The van der Waals surface area contributed by atoms with E-state index < -0.39 is 0 Å². The van der Waals surface area contributed by atoms with Crippen LogP contribution in [0.4, 0.5) is 0 Å². The number of nitrogens with zero attached hydrogens (tertiary/aromatic N) is 2. The van der Waals surface area contributed by atoms with Gasteiger partial charge in [0.15, 0.2) is 0 Å². The topological polar surface area (TPSA) is 23.6 Å². The summed E-state index contributed by atoms with van der Waals surface area (Å²) >= 11 is 0. The molecule has 0 N–H and O–H groups in total. The highest BCUT2D eigenvalue weighted by Crippen LogP contribution is 2.36. The van der Waals surface area contributed by atoms with E-state index in [1.54, 1.807) is 0 Å². The van der Waals surface area contributed by atoms with E-state index in [4.69, 9.17) is 0 Å². The molecule has 3 nitrogen and oxygen atoms in total. The van der Waals surface area contributed by atoms with Gasteiger partial charge in [-0.05, 0) is 24.8 Å². The molecule has 1 saturated carbocycles. The Kier molecular flexibility index (Phi) is 3.56. The van der Waals surface area contributed by atoms with Gasteiger partial charge in [0.25, 0.3) is 0 Å². The quantitative estimate of drug-likeness (QED) is 0.852. The Hall–Kier alpha value is -1.19. The summed E-state index contributed by atoms with van der Waals surface area (Å²) in [5.74, 6) is 0.482. The van der Waals surface area contributed by atoms with Gasteiger partial charge in [0.1, 0.15) is 5.78 Å². The molecule has 3 heteroatoms. The predicted octanol–water partition coefficient (Wildman–Crippen LogP) is 2.46. The largest absolute Gasteiger partial charge is 0.300 e. The highest BCUT2D eigenvalue weighted by molar-refractivity contribution is 5.79. The summed E-state index contributed by atoms with van der Waals surface area (Å²) in [7, 11) is 0. The van der Waals surface area contributed by atoms with Crippen LogP contribution in [-0.2, 0) is 11.3 Å². The molecule has 2 bridgehead atoms. The van der Waals surface area contributed by atoms with E-state index in [9.17, 15) is 4.79 Å². The summed E-state index contributed by atoms with van der Waals surface area (Å²) in [5, 5.41) is 0. The lowest BCUT2D eigenvalue weighted by molar-refractivity contribution is -0.122. The Balaban J connectivity index is 1.38. The summed E-state index contributed by atoms with van der Waals surface area (Å²) in [6.45, 7) is 3.44. The van der Waals surface area contributed by atoms with E-state index in [0.29, 0.717) is 23.9 Å². The van der Waals surface area contributed by atoms with Crippen molar-refractivity contribution in [2.24, 2.45) is 0 Å². The molecule has 0 amide bonds. The standard InChI is InChI=1S/C18H24N2O/c21-18-8-4-7-15(10-18)20-13-16-9-17(20)12-19(16)11-14-5-2-1-3-6-14/h1-3,5-6,15-17H,4,7-13H2. The van der Waals surface area contributed by atoms with Gasteiger partial charge in [0.2, 0.25) is 0 Å². The molecule has 3 unspecified atom stereocenters. The normalized spacial score (nSPS) is 33.7. The smallest absolute Gasteiger partial charge is 0.134 e. The second-order valence-electron chi connectivity index (χ2n) is 6.94. The first-order valence-corrected chi connectivity index (χ1v) is 8.35. The minimum absolute atomic E-state index is 0.482. The Morgan fingerprint density at radius 3 is 2.62 bits per heavy atom. The number of ketones is 1. The molecule has 2 heterocycles. The SMILES string of the molecule is O=C1CCCC(N2CC3CC2CN3Cc2ccccc2)C1. The number of likely N-dealkylation sites (tertiary alicyclic amines) is 2. The van der Waals surface area contributed by atoms with Gasteiger partial charge in [-0.2, -0.15) is 0 Å². The summed E-state index contributed by atoms with van der Waals surface area (Å²) < 4.78 is 0. The summed E-state index contributed by atoms with van der Waals surface area (Å²) in [4.78, 5) is 17.0. The lowest BCUT2D eigenvalue weighted by Crippen LogP contribution is -2.51.